The van der Waals surface area contributed by atoms with Gasteiger partial charge in [-0.15, -0.1) is 0 Å². The number of benzene rings is 1. The van der Waals surface area contributed by atoms with Crippen molar-refractivity contribution in [3.05, 3.63) is 69.4 Å². The lowest BCUT2D eigenvalue weighted by atomic mass is 10.0. The normalized spacial score (nSPS) is 14.2. The highest BCUT2D eigenvalue weighted by Crippen LogP contribution is 2.30. The highest BCUT2D eigenvalue weighted by Gasteiger charge is 2.13. The molecule has 26 heavy (non-hydrogen) atoms. The first-order valence-corrected chi connectivity index (χ1v) is 9.46. The maximum atomic E-state index is 6.37. The van der Waals surface area contributed by atoms with Crippen LogP contribution >= 0.6 is 27.5 Å². The topological polar surface area (TPSA) is 68.2 Å². The zero-order valence-corrected chi connectivity index (χ0v) is 16.3. The number of nitrogens with one attached hydrogen (secondary N) is 1. The van der Waals surface area contributed by atoms with Gasteiger partial charge >= 0.3 is 0 Å². The van der Waals surface area contributed by atoms with Crippen LogP contribution in [-0.4, -0.2) is 21.1 Å². The molecule has 5 nitrogen and oxygen atoms in total. The molecule has 0 aliphatic heterocycles. The van der Waals surface area contributed by atoms with E-state index in [9.17, 15) is 0 Å². The van der Waals surface area contributed by atoms with Crippen LogP contribution in [0, 0.1) is 0 Å². The van der Waals surface area contributed by atoms with Crippen molar-refractivity contribution in [1.29, 1.82) is 0 Å². The fourth-order valence-corrected chi connectivity index (χ4v) is 3.50. The van der Waals surface area contributed by atoms with Gasteiger partial charge in [0.05, 0.1) is 16.4 Å². The van der Waals surface area contributed by atoms with Crippen molar-refractivity contribution in [1.82, 2.24) is 14.6 Å². The van der Waals surface area contributed by atoms with Crippen LogP contribution in [0.25, 0.3) is 16.9 Å². The minimum atomic E-state index is 0.668. The van der Waals surface area contributed by atoms with E-state index in [1.165, 1.54) is 5.57 Å². The number of nitrogens with two attached hydrogens (primary N) is 1. The molecular weight excluding hydrogens is 414 g/mol. The van der Waals surface area contributed by atoms with Crippen molar-refractivity contribution in [2.24, 2.45) is 5.73 Å². The molecule has 1 aromatic carbocycles. The third kappa shape index (κ3) is 3.34. The van der Waals surface area contributed by atoms with Crippen LogP contribution in [0.3, 0.4) is 0 Å². The van der Waals surface area contributed by atoms with Crippen LogP contribution in [0.2, 0.25) is 5.02 Å². The first kappa shape index (κ1) is 17.1. The molecule has 0 radical (unpaired) electrons. The fraction of sp³-hybridized carbons (Fsp3) is 0.158. The molecule has 2 heterocycles. The van der Waals surface area contributed by atoms with E-state index in [0.717, 1.165) is 52.3 Å². The molecule has 0 amide bonds. The number of nitrogens with zero attached hydrogens (tertiary/aromatic N) is 3. The molecule has 2 aromatic heterocycles. The van der Waals surface area contributed by atoms with E-state index < -0.39 is 0 Å². The number of hydrogen-bond donors (Lipinski definition) is 2. The average molecular weight is 431 g/mol. The second-order valence-electron chi connectivity index (χ2n) is 6.15. The summed E-state index contributed by atoms with van der Waals surface area (Å²) < 4.78 is 2.62. The molecule has 1 aliphatic rings. The molecule has 0 saturated carbocycles. The lowest BCUT2D eigenvalue weighted by Crippen LogP contribution is -2.12. The second kappa shape index (κ2) is 7.13. The average Bonchev–Trinajstić information content (AvgIpc) is 3.02. The lowest BCUT2D eigenvalue weighted by Gasteiger charge is -2.15. The highest BCUT2D eigenvalue weighted by atomic mass is 79.9. The standard InChI is InChI=1S/C19H17BrClN5/c20-15-11-24-26-18(23-10-12-5-7-13(22)8-6-12)9-17(25-19(15)26)14-3-1-2-4-16(14)21/h1-5,7,9,11,23H,6,8,10,22H2. The van der Waals surface area contributed by atoms with Gasteiger partial charge in [0, 0.05) is 28.9 Å². The Labute approximate surface area is 164 Å². The number of aromatic nitrogens is 3. The molecule has 0 atom stereocenters. The Bertz CT molecular complexity index is 1040. The van der Waals surface area contributed by atoms with Crippen LogP contribution in [0.5, 0.6) is 0 Å². The number of fused-ring (bicyclic) bond motifs is 1. The van der Waals surface area contributed by atoms with Crippen LogP contribution in [0.1, 0.15) is 12.8 Å². The molecule has 0 bridgehead atoms. The Kier molecular flexibility index (Phi) is 4.70. The summed E-state index contributed by atoms with van der Waals surface area (Å²) in [6, 6.07) is 9.67. The van der Waals surface area contributed by atoms with Crippen molar-refractivity contribution >= 4 is 39.0 Å². The monoisotopic (exact) mass is 429 g/mol. The predicted octanol–water partition coefficient (Wildman–Crippen LogP) is 4.79. The molecule has 4 rings (SSSR count). The Morgan fingerprint density at radius 3 is 2.85 bits per heavy atom. The SMILES string of the molecule is NC1=CC=C(CNc2cc(-c3ccccc3Cl)nc3c(Br)cnn23)CC1. The van der Waals surface area contributed by atoms with E-state index in [1.807, 2.05) is 36.4 Å². The maximum Gasteiger partial charge on any atom is 0.172 e. The van der Waals surface area contributed by atoms with Gasteiger partial charge in [0.1, 0.15) is 5.82 Å². The van der Waals surface area contributed by atoms with Crippen LogP contribution in [0.15, 0.2) is 64.4 Å². The molecular formula is C19H17BrClN5. The Balaban J connectivity index is 1.73. The third-order valence-electron chi connectivity index (χ3n) is 4.34. The summed E-state index contributed by atoms with van der Waals surface area (Å²) in [7, 11) is 0. The largest absolute Gasteiger partial charge is 0.402 e. The smallest absolute Gasteiger partial charge is 0.172 e. The lowest BCUT2D eigenvalue weighted by molar-refractivity contribution is 0.865. The molecule has 0 spiro atoms. The van der Waals surface area contributed by atoms with E-state index in [-0.39, 0.29) is 0 Å². The van der Waals surface area contributed by atoms with E-state index in [0.29, 0.717) is 5.02 Å². The van der Waals surface area contributed by atoms with E-state index >= 15 is 0 Å². The fourth-order valence-electron chi connectivity index (χ4n) is 2.92. The second-order valence-corrected chi connectivity index (χ2v) is 7.42. The van der Waals surface area contributed by atoms with Gasteiger partial charge in [0.15, 0.2) is 5.65 Å². The summed E-state index contributed by atoms with van der Waals surface area (Å²) in [6.45, 7) is 0.725. The van der Waals surface area contributed by atoms with Gasteiger partial charge in [0.25, 0.3) is 0 Å². The quantitative estimate of drug-likeness (QED) is 0.624. The summed E-state index contributed by atoms with van der Waals surface area (Å²) in [4.78, 5) is 4.72. The van der Waals surface area contributed by atoms with E-state index in [1.54, 1.807) is 10.7 Å². The van der Waals surface area contributed by atoms with Gasteiger partial charge in [-0.1, -0.05) is 41.4 Å². The van der Waals surface area contributed by atoms with Gasteiger partial charge < -0.3 is 11.1 Å². The summed E-state index contributed by atoms with van der Waals surface area (Å²) >= 11 is 9.89. The third-order valence-corrected chi connectivity index (χ3v) is 5.23. The number of hydrogen-bond acceptors (Lipinski definition) is 4. The zero-order valence-electron chi connectivity index (χ0n) is 13.9. The minimum absolute atomic E-state index is 0.668. The molecule has 0 saturated heterocycles. The Hall–Kier alpha value is -2.31. The zero-order chi connectivity index (χ0) is 18.1. The highest BCUT2D eigenvalue weighted by molar-refractivity contribution is 9.10. The van der Waals surface area contributed by atoms with Gasteiger partial charge in [-0.3, -0.25) is 0 Å². The number of anilines is 1. The molecule has 0 fully saturated rings. The predicted molar refractivity (Wildman–Crippen MR) is 109 cm³/mol. The summed E-state index contributed by atoms with van der Waals surface area (Å²) in [5.74, 6) is 0.860. The number of allylic oxidation sites excluding steroid dienone is 3. The summed E-state index contributed by atoms with van der Waals surface area (Å²) in [5, 5.41) is 8.55. The van der Waals surface area contributed by atoms with Gasteiger partial charge in [0.2, 0.25) is 0 Å². The van der Waals surface area contributed by atoms with Crippen molar-refractivity contribution in [3.8, 4) is 11.3 Å². The van der Waals surface area contributed by atoms with Crippen LogP contribution in [-0.2, 0) is 0 Å². The summed E-state index contributed by atoms with van der Waals surface area (Å²) in [5.41, 5.74) is 10.5. The first-order chi connectivity index (χ1) is 12.6. The summed E-state index contributed by atoms with van der Waals surface area (Å²) in [6.07, 6.45) is 7.66. The molecule has 132 valence electrons. The van der Waals surface area contributed by atoms with Crippen LogP contribution in [0.4, 0.5) is 5.82 Å². The minimum Gasteiger partial charge on any atom is -0.402 e. The van der Waals surface area contributed by atoms with Crippen molar-refractivity contribution in [2.45, 2.75) is 12.8 Å². The van der Waals surface area contributed by atoms with E-state index in [4.69, 9.17) is 22.3 Å². The molecule has 0 unspecified atom stereocenters. The number of rotatable bonds is 4. The molecule has 3 N–H and O–H groups in total. The molecule has 7 heteroatoms. The Morgan fingerprint density at radius 1 is 1.23 bits per heavy atom. The Morgan fingerprint density at radius 2 is 2.08 bits per heavy atom. The van der Waals surface area contributed by atoms with Crippen LogP contribution < -0.4 is 11.1 Å². The van der Waals surface area contributed by atoms with Gasteiger partial charge in [-0.2, -0.15) is 9.61 Å². The molecule has 3 aromatic rings. The molecule has 1 aliphatic carbocycles. The number of halogens is 2. The van der Waals surface area contributed by atoms with Crippen molar-refractivity contribution in [3.63, 3.8) is 0 Å². The maximum absolute atomic E-state index is 6.37. The first-order valence-electron chi connectivity index (χ1n) is 8.29. The van der Waals surface area contributed by atoms with Crippen molar-refractivity contribution < 1.29 is 0 Å². The van der Waals surface area contributed by atoms with Gasteiger partial charge in [-0.25, -0.2) is 4.98 Å². The van der Waals surface area contributed by atoms with Crippen molar-refractivity contribution in [2.75, 3.05) is 11.9 Å². The van der Waals surface area contributed by atoms with E-state index in [2.05, 4.69) is 32.4 Å². The van der Waals surface area contributed by atoms with Gasteiger partial charge in [-0.05, 0) is 40.9 Å².